The van der Waals surface area contributed by atoms with E-state index in [2.05, 4.69) is 47.1 Å². The number of nitrogens with one attached hydrogen (secondary N) is 1. The smallest absolute Gasteiger partial charge is 0.157 e. The molecule has 5 heteroatoms. The molecule has 0 unspecified atom stereocenters. The van der Waals surface area contributed by atoms with Gasteiger partial charge in [0.05, 0.1) is 6.20 Å². The van der Waals surface area contributed by atoms with Gasteiger partial charge in [0.15, 0.2) is 5.65 Å². The van der Waals surface area contributed by atoms with Crippen LogP contribution in [0.25, 0.3) is 5.65 Å². The standard InChI is InChI=1S/C16H25N5/c1-4-20-9-5-6-13(20)11-17-16-10-14(12(2)3)19-15-7-8-18-21(15)16/h7-8,10,12-13,17H,4-6,9,11H2,1-3H3/t13-/m0/s1. The Labute approximate surface area is 126 Å². The maximum Gasteiger partial charge on any atom is 0.157 e. The van der Waals surface area contributed by atoms with Crippen LogP contribution in [0.15, 0.2) is 18.3 Å². The summed E-state index contributed by atoms with van der Waals surface area (Å²) >= 11 is 0. The van der Waals surface area contributed by atoms with Crippen molar-refractivity contribution in [3.8, 4) is 0 Å². The van der Waals surface area contributed by atoms with Crippen molar-refractivity contribution in [2.45, 2.75) is 45.6 Å². The molecule has 0 bridgehead atoms. The van der Waals surface area contributed by atoms with Crippen LogP contribution < -0.4 is 5.32 Å². The van der Waals surface area contributed by atoms with E-state index in [-0.39, 0.29) is 0 Å². The Kier molecular flexibility index (Phi) is 4.10. The molecule has 2 aromatic rings. The Hall–Kier alpha value is -1.62. The molecule has 0 amide bonds. The first-order valence-corrected chi connectivity index (χ1v) is 8.01. The van der Waals surface area contributed by atoms with Crippen LogP contribution in [0.2, 0.25) is 0 Å². The van der Waals surface area contributed by atoms with Crippen molar-refractivity contribution in [3.05, 3.63) is 24.0 Å². The van der Waals surface area contributed by atoms with E-state index >= 15 is 0 Å². The lowest BCUT2D eigenvalue weighted by molar-refractivity contribution is 0.277. The highest BCUT2D eigenvalue weighted by Gasteiger charge is 2.22. The molecule has 1 atom stereocenters. The summed E-state index contributed by atoms with van der Waals surface area (Å²) in [5.74, 6) is 1.47. The second-order valence-corrected chi connectivity index (χ2v) is 6.13. The van der Waals surface area contributed by atoms with Crippen LogP contribution in [-0.2, 0) is 0 Å². The lowest BCUT2D eigenvalue weighted by Crippen LogP contribution is -2.35. The van der Waals surface area contributed by atoms with Crippen LogP contribution in [0.4, 0.5) is 5.82 Å². The highest BCUT2D eigenvalue weighted by atomic mass is 15.3. The van der Waals surface area contributed by atoms with Crippen molar-refractivity contribution in [2.75, 3.05) is 25.0 Å². The van der Waals surface area contributed by atoms with Gasteiger partial charge in [-0.3, -0.25) is 4.90 Å². The molecule has 1 saturated heterocycles. The molecular weight excluding hydrogens is 262 g/mol. The molecule has 114 valence electrons. The molecule has 0 aromatic carbocycles. The number of anilines is 1. The van der Waals surface area contributed by atoms with Crippen LogP contribution in [0.3, 0.4) is 0 Å². The van der Waals surface area contributed by atoms with Gasteiger partial charge in [0.25, 0.3) is 0 Å². The van der Waals surface area contributed by atoms with Gasteiger partial charge in [0.2, 0.25) is 0 Å². The summed E-state index contributed by atoms with van der Waals surface area (Å²) in [6.07, 6.45) is 4.40. The molecule has 1 aliphatic rings. The fourth-order valence-electron chi connectivity index (χ4n) is 3.12. The number of nitrogens with zero attached hydrogens (tertiary/aromatic N) is 4. The monoisotopic (exact) mass is 287 g/mol. The van der Waals surface area contributed by atoms with Crippen LogP contribution >= 0.6 is 0 Å². The first-order chi connectivity index (χ1) is 10.2. The molecule has 2 aromatic heterocycles. The maximum absolute atomic E-state index is 4.66. The van der Waals surface area contributed by atoms with Crippen LogP contribution in [0.5, 0.6) is 0 Å². The second kappa shape index (κ2) is 6.02. The minimum Gasteiger partial charge on any atom is -0.368 e. The molecule has 0 saturated carbocycles. The number of likely N-dealkylation sites (N-methyl/N-ethyl adjacent to an activating group) is 1. The number of aromatic nitrogens is 3. The summed E-state index contributed by atoms with van der Waals surface area (Å²) in [4.78, 5) is 7.21. The predicted octanol–water partition coefficient (Wildman–Crippen LogP) is 2.75. The van der Waals surface area contributed by atoms with Crippen LogP contribution in [-0.4, -0.2) is 45.2 Å². The Morgan fingerprint density at radius 1 is 1.43 bits per heavy atom. The van der Waals surface area contributed by atoms with Gasteiger partial charge in [-0.25, -0.2) is 4.98 Å². The van der Waals surface area contributed by atoms with Gasteiger partial charge in [-0.1, -0.05) is 20.8 Å². The van der Waals surface area contributed by atoms with Gasteiger partial charge in [-0.2, -0.15) is 9.61 Å². The Balaban J connectivity index is 1.81. The molecule has 1 fully saturated rings. The van der Waals surface area contributed by atoms with Crippen molar-refractivity contribution in [1.82, 2.24) is 19.5 Å². The largest absolute Gasteiger partial charge is 0.368 e. The van der Waals surface area contributed by atoms with E-state index in [4.69, 9.17) is 0 Å². The Bertz CT molecular complexity index is 604. The number of fused-ring (bicyclic) bond motifs is 1. The Morgan fingerprint density at radius 3 is 3.05 bits per heavy atom. The first-order valence-electron chi connectivity index (χ1n) is 8.01. The quantitative estimate of drug-likeness (QED) is 0.918. The van der Waals surface area contributed by atoms with Gasteiger partial charge >= 0.3 is 0 Å². The molecule has 21 heavy (non-hydrogen) atoms. The highest BCUT2D eigenvalue weighted by Crippen LogP contribution is 2.21. The number of hydrogen-bond donors (Lipinski definition) is 1. The van der Waals surface area contributed by atoms with Crippen molar-refractivity contribution in [3.63, 3.8) is 0 Å². The van der Waals surface area contributed by atoms with E-state index in [9.17, 15) is 0 Å². The lowest BCUT2D eigenvalue weighted by atomic mass is 10.1. The zero-order chi connectivity index (χ0) is 14.8. The predicted molar refractivity (Wildman–Crippen MR) is 85.8 cm³/mol. The second-order valence-electron chi connectivity index (χ2n) is 6.13. The molecule has 0 radical (unpaired) electrons. The minimum atomic E-state index is 0.420. The zero-order valence-electron chi connectivity index (χ0n) is 13.2. The van der Waals surface area contributed by atoms with E-state index in [0.717, 1.165) is 30.2 Å². The van der Waals surface area contributed by atoms with Crippen molar-refractivity contribution in [2.24, 2.45) is 0 Å². The van der Waals surface area contributed by atoms with E-state index in [1.165, 1.54) is 19.4 Å². The third-order valence-electron chi connectivity index (χ3n) is 4.39. The summed E-state index contributed by atoms with van der Waals surface area (Å²) < 4.78 is 1.90. The average molecular weight is 287 g/mol. The summed E-state index contributed by atoms with van der Waals surface area (Å²) in [6, 6.07) is 4.73. The third kappa shape index (κ3) is 2.88. The summed E-state index contributed by atoms with van der Waals surface area (Å²) in [7, 11) is 0. The molecule has 1 aliphatic heterocycles. The first kappa shape index (κ1) is 14.3. The minimum absolute atomic E-state index is 0.420. The van der Waals surface area contributed by atoms with Crippen molar-refractivity contribution < 1.29 is 0 Å². The van der Waals surface area contributed by atoms with Crippen molar-refractivity contribution in [1.29, 1.82) is 0 Å². The zero-order valence-corrected chi connectivity index (χ0v) is 13.2. The topological polar surface area (TPSA) is 45.5 Å². The molecule has 5 nitrogen and oxygen atoms in total. The van der Waals surface area contributed by atoms with E-state index in [0.29, 0.717) is 12.0 Å². The number of hydrogen-bond acceptors (Lipinski definition) is 4. The maximum atomic E-state index is 4.66. The molecule has 0 aliphatic carbocycles. The third-order valence-corrected chi connectivity index (χ3v) is 4.39. The van der Waals surface area contributed by atoms with E-state index in [1.54, 1.807) is 0 Å². The van der Waals surface area contributed by atoms with Crippen molar-refractivity contribution >= 4 is 11.5 Å². The molecule has 3 rings (SSSR count). The SMILES string of the molecule is CCN1CCC[C@H]1CNc1cc(C(C)C)nc2ccnn12. The highest BCUT2D eigenvalue weighted by molar-refractivity contribution is 5.49. The van der Waals surface area contributed by atoms with Gasteiger partial charge in [-0.15, -0.1) is 0 Å². The van der Waals surface area contributed by atoms with Gasteiger partial charge in [-0.05, 0) is 31.8 Å². The van der Waals surface area contributed by atoms with E-state index < -0.39 is 0 Å². The molecule has 0 spiro atoms. The molecule has 1 N–H and O–H groups in total. The van der Waals surface area contributed by atoms with Crippen LogP contribution in [0, 0.1) is 0 Å². The summed E-state index contributed by atoms with van der Waals surface area (Å²) in [6.45, 7) is 9.94. The fraction of sp³-hybridized carbons (Fsp3) is 0.625. The van der Waals surface area contributed by atoms with Gasteiger partial charge < -0.3 is 5.32 Å². The van der Waals surface area contributed by atoms with E-state index in [1.807, 2.05) is 16.8 Å². The average Bonchev–Trinajstić information content (AvgIpc) is 3.12. The number of likely N-dealkylation sites (tertiary alicyclic amines) is 1. The Morgan fingerprint density at radius 2 is 2.29 bits per heavy atom. The molecular formula is C16H25N5. The van der Waals surface area contributed by atoms with Gasteiger partial charge in [0.1, 0.15) is 5.82 Å². The summed E-state index contributed by atoms with van der Waals surface area (Å²) in [5, 5.41) is 7.98. The lowest BCUT2D eigenvalue weighted by Gasteiger charge is -2.23. The fourth-order valence-corrected chi connectivity index (χ4v) is 3.12. The summed E-state index contributed by atoms with van der Waals surface area (Å²) in [5.41, 5.74) is 2.03. The van der Waals surface area contributed by atoms with Crippen LogP contribution in [0.1, 0.15) is 45.2 Å². The normalized spacial score (nSPS) is 19.7. The number of rotatable bonds is 5. The molecule has 3 heterocycles. The van der Waals surface area contributed by atoms with Gasteiger partial charge in [0, 0.05) is 30.4 Å².